The molecule has 0 bridgehead atoms. The van der Waals surface area contributed by atoms with Crippen molar-refractivity contribution in [2.75, 3.05) is 109 Å². The quantitative estimate of drug-likeness (QED) is 0.0164. The molecule has 0 aliphatic heterocycles. The first kappa shape index (κ1) is 125. The van der Waals surface area contributed by atoms with Gasteiger partial charge in [0.25, 0.3) is 0 Å². The third-order valence-corrected chi connectivity index (χ3v) is 25.8. The van der Waals surface area contributed by atoms with Crippen LogP contribution in [-0.2, 0) is 203 Å². The monoisotopic (exact) mass is 2000 g/mol. The van der Waals surface area contributed by atoms with E-state index in [-0.39, 0.29) is 46.0 Å². The van der Waals surface area contributed by atoms with Gasteiger partial charge < -0.3 is 117 Å². The summed E-state index contributed by atoms with van der Waals surface area (Å²) >= 11 is 0. The summed E-state index contributed by atoms with van der Waals surface area (Å²) in [6, 6.07) is 32.2. The van der Waals surface area contributed by atoms with Gasteiger partial charge in [-0.3, -0.25) is 0 Å². The predicted molar refractivity (Wildman–Crippen MR) is 569 cm³/mol. The van der Waals surface area contributed by atoms with Gasteiger partial charge in [-0.15, -0.1) is 0 Å². The Labute approximate surface area is 858 Å². The zero-order chi connectivity index (χ0) is 106. The van der Waals surface area contributed by atoms with E-state index in [1.54, 1.807) is 42.7 Å². The van der Waals surface area contributed by atoms with E-state index in [0.29, 0.717) is 183 Å². The number of phenolic OH excluding ortho intramolecular Hbond substituents is 8. The SMILES string of the molecule is CCCCOCc1cc(C(C)(C)c2cc(COCCCC)c(O)c(COCCCC)c2)cc(COC)c1O.CCCCOCc1cc(C(C)(C)c2cc(COCCCC)c(O)c(COCCCC)c2)cc(COCCCC)c1O.CCCOCc1cc(C(C)(C)c2cc(COC)c(O)c(COC)c2)cc(COC)c1O.CCCOCc1cc(C(C)(C)c2cc(COC)c(O)c(COCCC)c2)cc(COC)c1O. The van der Waals surface area contributed by atoms with Crippen LogP contribution in [0.15, 0.2) is 97.1 Å². The summed E-state index contributed by atoms with van der Waals surface area (Å²) in [6.45, 7) is 50.0. The number of benzene rings is 8. The minimum Gasteiger partial charge on any atom is -0.507 e. The van der Waals surface area contributed by atoms with Crippen molar-refractivity contribution in [2.24, 2.45) is 0 Å². The van der Waals surface area contributed by atoms with Crippen LogP contribution in [0.25, 0.3) is 0 Å². The molecule has 0 unspecified atom stereocenters. The molecule has 0 fully saturated rings. The summed E-state index contributed by atoms with van der Waals surface area (Å²) in [5.74, 6) is 1.80. The lowest BCUT2D eigenvalue weighted by atomic mass is 9.76. The molecule has 0 radical (unpaired) electrons. The highest BCUT2D eigenvalue weighted by molar-refractivity contribution is 5.58. The zero-order valence-corrected chi connectivity index (χ0v) is 91.8. The van der Waals surface area contributed by atoms with Crippen molar-refractivity contribution in [1.82, 2.24) is 0 Å². The van der Waals surface area contributed by atoms with Crippen LogP contribution in [0, 0.1) is 0 Å². The maximum atomic E-state index is 11.1. The Morgan fingerprint density at radius 2 is 0.252 bits per heavy atom. The summed E-state index contributed by atoms with van der Waals surface area (Å²) < 4.78 is 90.5. The van der Waals surface area contributed by atoms with E-state index in [9.17, 15) is 40.9 Å². The van der Waals surface area contributed by atoms with E-state index >= 15 is 0 Å². The van der Waals surface area contributed by atoms with E-state index in [1.807, 2.05) is 72.8 Å². The lowest BCUT2D eigenvalue weighted by Crippen LogP contribution is -2.21. The van der Waals surface area contributed by atoms with E-state index in [2.05, 4.69) is 149 Å². The molecule has 0 aromatic heterocycles. The smallest absolute Gasteiger partial charge is 0.126 e. The number of methoxy groups -OCH3 is 6. The Morgan fingerprint density at radius 3 is 0.343 bits per heavy atom. The maximum Gasteiger partial charge on any atom is 0.126 e. The van der Waals surface area contributed by atoms with Crippen molar-refractivity contribution in [2.45, 2.75) is 361 Å². The van der Waals surface area contributed by atoms with Crippen molar-refractivity contribution >= 4 is 0 Å². The highest BCUT2D eigenvalue weighted by atomic mass is 16.5. The molecule has 8 N–H and O–H groups in total. The summed E-state index contributed by atoms with van der Waals surface area (Å²) in [5.41, 5.74) is 18.5. The molecule has 0 amide bonds. The van der Waals surface area contributed by atoms with Gasteiger partial charge >= 0.3 is 0 Å². The number of aromatic hydroxyl groups is 8. The van der Waals surface area contributed by atoms with Gasteiger partial charge in [-0.1, -0.05) is 170 Å². The Kier molecular flexibility index (Phi) is 58.9. The Bertz CT molecular complexity index is 4680. The number of hydrogen-bond acceptors (Lipinski definition) is 24. The molecule has 0 atom stereocenters. The number of unbranched alkanes of at least 4 members (excludes halogenated alkanes) is 7. The molecular formula is C119H182O24. The molecule has 24 nitrogen and oxygen atoms in total. The number of ether oxygens (including phenoxy) is 16. The molecule has 802 valence electrons. The van der Waals surface area contributed by atoms with Crippen molar-refractivity contribution < 1.29 is 117 Å². The zero-order valence-electron chi connectivity index (χ0n) is 91.8. The molecule has 0 aliphatic rings. The lowest BCUT2D eigenvalue weighted by molar-refractivity contribution is 0.110. The average Bonchev–Trinajstić information content (AvgIpc) is 0.780. The van der Waals surface area contributed by atoms with Crippen molar-refractivity contribution in [3.8, 4) is 46.0 Å². The molecule has 8 aromatic carbocycles. The fourth-order valence-corrected chi connectivity index (χ4v) is 16.3. The molecular weight excluding hydrogens is 1810 g/mol. The van der Waals surface area contributed by atoms with Gasteiger partial charge in [0.2, 0.25) is 0 Å². The van der Waals surface area contributed by atoms with Gasteiger partial charge in [0, 0.05) is 219 Å². The van der Waals surface area contributed by atoms with E-state index in [1.165, 1.54) is 0 Å². The molecule has 0 saturated heterocycles. The van der Waals surface area contributed by atoms with Gasteiger partial charge in [0.15, 0.2) is 0 Å². The maximum absolute atomic E-state index is 11.1. The summed E-state index contributed by atoms with van der Waals surface area (Å²) in [4.78, 5) is 0. The number of phenols is 8. The van der Waals surface area contributed by atoms with E-state index < -0.39 is 21.7 Å². The summed E-state index contributed by atoms with van der Waals surface area (Å²) in [7, 11) is 9.68. The topological polar surface area (TPSA) is 310 Å². The van der Waals surface area contributed by atoms with Gasteiger partial charge in [-0.25, -0.2) is 0 Å². The van der Waals surface area contributed by atoms with Crippen LogP contribution in [0.1, 0.15) is 367 Å². The standard InChI is InChI=1S/C35H56O6.C32H50O6.C27H40O6.C25H36O6/c1-7-11-15-38-23-27-19-31(20-28(33(27)36)24-39-16-12-8-2)35(5,6)32-21-29(25-40-17-13-9-3)34(37)30(22-32)26-41-18-14-10-4;1-7-10-13-36-21-25-17-28(16-24(20-35-6)30(25)33)32(4,5)29-18-26(22-37-14-11-8-2)31(34)27(19-29)23-38-15-12-9-3;1-7-9-32-17-21-13-23(11-19(15-30-5)25(21)28)27(3,4)24-12-20(16-31-6)26(29)22(14-24)18-33-10-8-2;1-7-8-31-16-20-12-22(11-19(15-30-6)24(20)27)25(2,3)21-9-17(13-28-4)23(26)18(10-21)14-29-5/h19-22,36-37H,7-18,23-26H2,1-6H3;16-19,33-34H,7-15,20-23H2,1-6H3;11-14,28-29H,7-10,15-18H2,1-6H3;9-12,26-27H,7-8,13-16H2,1-6H3. The van der Waals surface area contributed by atoms with Crippen LogP contribution < -0.4 is 0 Å². The van der Waals surface area contributed by atoms with Crippen molar-refractivity contribution in [3.63, 3.8) is 0 Å². The number of rotatable bonds is 67. The van der Waals surface area contributed by atoms with Gasteiger partial charge in [-0.05, 0) is 206 Å². The molecule has 8 aromatic rings. The van der Waals surface area contributed by atoms with Gasteiger partial charge in [-0.2, -0.15) is 0 Å². The first-order valence-corrected chi connectivity index (χ1v) is 52.2. The second kappa shape index (κ2) is 67.4. The van der Waals surface area contributed by atoms with E-state index in [4.69, 9.17) is 75.8 Å². The molecule has 143 heavy (non-hydrogen) atoms. The third kappa shape index (κ3) is 39.3. The molecule has 0 aliphatic carbocycles. The van der Waals surface area contributed by atoms with Crippen LogP contribution in [0.5, 0.6) is 46.0 Å². The molecule has 24 heteroatoms. The molecule has 0 spiro atoms. The Hall–Kier alpha value is -8.48. The third-order valence-electron chi connectivity index (χ3n) is 25.8. The molecule has 0 saturated carbocycles. The molecule has 0 heterocycles. The number of hydrogen-bond donors (Lipinski definition) is 8. The first-order valence-electron chi connectivity index (χ1n) is 52.2. The van der Waals surface area contributed by atoms with Crippen LogP contribution in [0.2, 0.25) is 0 Å². The van der Waals surface area contributed by atoms with Crippen LogP contribution >= 0.6 is 0 Å². The van der Waals surface area contributed by atoms with Crippen LogP contribution in [0.3, 0.4) is 0 Å². The fraction of sp³-hybridized carbons (Fsp3) is 0.597. The summed E-state index contributed by atoms with van der Waals surface area (Å²) in [6.07, 6.45) is 17.0. The second-order valence-electron chi connectivity index (χ2n) is 39.2. The van der Waals surface area contributed by atoms with Crippen molar-refractivity contribution in [3.05, 3.63) is 231 Å². The van der Waals surface area contributed by atoms with Crippen LogP contribution in [-0.4, -0.2) is 150 Å². The van der Waals surface area contributed by atoms with E-state index in [0.717, 1.165) is 232 Å². The fourth-order valence-electron chi connectivity index (χ4n) is 16.3. The second-order valence-corrected chi connectivity index (χ2v) is 39.2. The van der Waals surface area contributed by atoms with Crippen LogP contribution in [0.4, 0.5) is 0 Å². The minimum absolute atomic E-state index is 0.197. The van der Waals surface area contributed by atoms with Crippen molar-refractivity contribution in [1.29, 1.82) is 0 Å². The normalized spacial score (nSPS) is 11.8. The highest BCUT2D eigenvalue weighted by Crippen LogP contribution is 2.46. The first-order chi connectivity index (χ1) is 68.7. The Morgan fingerprint density at radius 1 is 0.154 bits per heavy atom. The minimum atomic E-state index is -0.436. The summed E-state index contributed by atoms with van der Waals surface area (Å²) in [5, 5.41) is 87.1. The van der Waals surface area contributed by atoms with Gasteiger partial charge in [0.1, 0.15) is 46.0 Å². The Balaban J connectivity index is 0.000000338. The largest absolute Gasteiger partial charge is 0.507 e. The van der Waals surface area contributed by atoms with Gasteiger partial charge in [0.05, 0.1) is 106 Å². The highest BCUT2D eigenvalue weighted by Gasteiger charge is 2.34. The average molecular weight is 2000 g/mol. The molecule has 8 rings (SSSR count). The predicted octanol–water partition coefficient (Wildman–Crippen LogP) is 26.6. The lowest BCUT2D eigenvalue weighted by Gasteiger charge is -2.29.